The highest BCUT2D eigenvalue weighted by molar-refractivity contribution is 5.94. The van der Waals surface area contributed by atoms with Crippen LogP contribution >= 0.6 is 0 Å². The van der Waals surface area contributed by atoms with Gasteiger partial charge in [0.2, 0.25) is 0 Å². The van der Waals surface area contributed by atoms with Crippen molar-refractivity contribution in [1.82, 2.24) is 24.9 Å². The molecule has 0 aliphatic carbocycles. The number of alkyl halides is 6. The van der Waals surface area contributed by atoms with Crippen LogP contribution in [0.15, 0.2) is 30.6 Å². The third-order valence-electron chi connectivity index (χ3n) is 3.95. The summed E-state index contributed by atoms with van der Waals surface area (Å²) in [6, 6.07) is 2.38. The maximum Gasteiger partial charge on any atom is 0.416 e. The van der Waals surface area contributed by atoms with E-state index in [0.29, 0.717) is 29.4 Å². The number of nitrogens with one attached hydrogen (secondary N) is 2. The van der Waals surface area contributed by atoms with Crippen LogP contribution in [0.2, 0.25) is 0 Å². The smallest absolute Gasteiger partial charge is 0.368 e. The van der Waals surface area contributed by atoms with Gasteiger partial charge in [-0.2, -0.15) is 40.9 Å². The van der Waals surface area contributed by atoms with Gasteiger partial charge >= 0.3 is 12.4 Å². The van der Waals surface area contributed by atoms with Gasteiger partial charge in [0.15, 0.2) is 0 Å². The monoisotopic (exact) mass is 432 g/mol. The number of nitrogens with zero attached hydrogens (tertiary/aromatic N) is 4. The number of amides is 1. The predicted molar refractivity (Wildman–Crippen MR) is 92.8 cm³/mol. The van der Waals surface area contributed by atoms with Crippen molar-refractivity contribution in [3.05, 3.63) is 53.0 Å². The van der Waals surface area contributed by atoms with Crippen molar-refractivity contribution in [1.29, 1.82) is 0 Å². The molecule has 0 aliphatic rings. The molecule has 3 aromatic rings. The van der Waals surface area contributed by atoms with Gasteiger partial charge in [-0.1, -0.05) is 0 Å². The van der Waals surface area contributed by atoms with Crippen molar-refractivity contribution >= 4 is 17.5 Å². The van der Waals surface area contributed by atoms with Gasteiger partial charge < -0.3 is 10.6 Å². The van der Waals surface area contributed by atoms with Crippen LogP contribution in [0, 0.1) is 6.92 Å². The Bertz CT molecular complexity index is 1040. The maximum absolute atomic E-state index is 12.9. The normalized spacial score (nSPS) is 12.2. The van der Waals surface area contributed by atoms with Crippen LogP contribution in [0.5, 0.6) is 0 Å². The molecule has 2 aromatic heterocycles. The fourth-order valence-corrected chi connectivity index (χ4v) is 2.61. The number of hydrogen-bond donors (Lipinski definition) is 2. The Labute approximate surface area is 165 Å². The van der Waals surface area contributed by atoms with Crippen LogP contribution in [-0.2, 0) is 12.4 Å². The summed E-state index contributed by atoms with van der Waals surface area (Å²) < 4.78 is 78.8. The summed E-state index contributed by atoms with van der Waals surface area (Å²) in [5.41, 5.74) is -3.20. The molecule has 1 aromatic carbocycles. The lowest BCUT2D eigenvalue weighted by Gasteiger charge is -2.14. The van der Waals surface area contributed by atoms with Gasteiger partial charge in [0.25, 0.3) is 11.7 Å². The molecule has 0 aliphatic heterocycles. The molecule has 0 bridgehead atoms. The molecule has 3 rings (SSSR count). The molecule has 0 saturated carbocycles. The van der Waals surface area contributed by atoms with Gasteiger partial charge in [-0.25, -0.2) is 4.98 Å². The first-order valence-electron chi connectivity index (χ1n) is 8.44. The molecule has 2 heterocycles. The molecule has 7 nitrogen and oxygen atoms in total. The number of carbonyl (C=O) groups excluding carboxylic acids is 1. The van der Waals surface area contributed by atoms with Crippen LogP contribution in [0.4, 0.5) is 32.2 Å². The predicted octanol–water partition coefficient (Wildman–Crippen LogP) is 3.31. The largest absolute Gasteiger partial charge is 0.416 e. The summed E-state index contributed by atoms with van der Waals surface area (Å²) in [4.78, 5) is 20.2. The van der Waals surface area contributed by atoms with Crippen molar-refractivity contribution in [3.8, 4) is 0 Å². The first-order chi connectivity index (χ1) is 13.9. The molecule has 0 spiro atoms. The van der Waals surface area contributed by atoms with E-state index in [2.05, 4.69) is 25.7 Å². The minimum Gasteiger partial charge on any atom is -0.368 e. The van der Waals surface area contributed by atoms with Crippen molar-refractivity contribution in [2.45, 2.75) is 19.3 Å². The van der Waals surface area contributed by atoms with E-state index in [1.54, 1.807) is 13.0 Å². The first kappa shape index (κ1) is 21.3. The van der Waals surface area contributed by atoms with Gasteiger partial charge in [0.05, 0.1) is 11.1 Å². The summed E-state index contributed by atoms with van der Waals surface area (Å²) in [5.74, 6) is -0.224. The van der Waals surface area contributed by atoms with Crippen LogP contribution in [-0.4, -0.2) is 38.6 Å². The Morgan fingerprint density at radius 3 is 2.23 bits per heavy atom. The van der Waals surface area contributed by atoms with Gasteiger partial charge in [-0.05, 0) is 25.1 Å². The van der Waals surface area contributed by atoms with Gasteiger partial charge in [0, 0.05) is 30.4 Å². The number of aromatic nitrogens is 4. The number of aryl methyl sites for hydroxylation is 1. The summed E-state index contributed by atoms with van der Waals surface area (Å²) in [5, 5.41) is 9.19. The fourth-order valence-electron chi connectivity index (χ4n) is 2.61. The second-order valence-electron chi connectivity index (χ2n) is 6.23. The quantitative estimate of drug-likeness (QED) is 0.478. The van der Waals surface area contributed by atoms with E-state index in [1.807, 2.05) is 0 Å². The first-order valence-corrected chi connectivity index (χ1v) is 8.44. The van der Waals surface area contributed by atoms with Crippen LogP contribution in [0.25, 0.3) is 5.78 Å². The number of fused-ring (bicyclic) bond motifs is 1. The van der Waals surface area contributed by atoms with E-state index in [0.717, 1.165) is 0 Å². The van der Waals surface area contributed by atoms with Crippen molar-refractivity contribution in [3.63, 3.8) is 0 Å². The SMILES string of the molecule is Cc1cc(NCCNC(=O)c2cc(C(F)(F)F)cc(C(F)(F)F)c2)n2ncnc2n1. The fraction of sp³-hybridized carbons (Fsp3) is 0.294. The van der Waals surface area contributed by atoms with Crippen molar-refractivity contribution < 1.29 is 31.1 Å². The van der Waals surface area contributed by atoms with Crippen LogP contribution in [0.3, 0.4) is 0 Å². The average molecular weight is 432 g/mol. The number of carbonyl (C=O) groups is 1. The molecule has 0 saturated heterocycles. The third kappa shape index (κ3) is 4.78. The Hall–Kier alpha value is -3.38. The zero-order valence-electron chi connectivity index (χ0n) is 15.3. The number of halogens is 6. The van der Waals surface area contributed by atoms with E-state index in [9.17, 15) is 31.1 Å². The second kappa shape index (κ2) is 7.80. The van der Waals surface area contributed by atoms with E-state index in [1.165, 1.54) is 10.8 Å². The summed E-state index contributed by atoms with van der Waals surface area (Å²) in [6.45, 7) is 1.77. The Kier molecular flexibility index (Phi) is 5.55. The minimum atomic E-state index is -5.03. The summed E-state index contributed by atoms with van der Waals surface area (Å²) in [6.07, 6.45) is -8.76. The molecular formula is C17H14F6N6O. The number of hydrogen-bond acceptors (Lipinski definition) is 5. The Morgan fingerprint density at radius 1 is 1.00 bits per heavy atom. The van der Waals surface area contributed by atoms with E-state index < -0.39 is 35.0 Å². The van der Waals surface area contributed by atoms with E-state index >= 15 is 0 Å². The Morgan fingerprint density at radius 2 is 1.63 bits per heavy atom. The molecule has 13 heteroatoms. The second-order valence-corrected chi connectivity index (χ2v) is 6.23. The molecule has 30 heavy (non-hydrogen) atoms. The van der Waals surface area contributed by atoms with Crippen molar-refractivity contribution in [2.75, 3.05) is 18.4 Å². The molecule has 2 N–H and O–H groups in total. The third-order valence-corrected chi connectivity index (χ3v) is 3.95. The molecular weight excluding hydrogens is 418 g/mol. The molecule has 160 valence electrons. The molecule has 0 radical (unpaired) electrons. The lowest BCUT2D eigenvalue weighted by molar-refractivity contribution is -0.143. The Balaban J connectivity index is 1.69. The summed E-state index contributed by atoms with van der Waals surface area (Å²) >= 11 is 0. The zero-order valence-corrected chi connectivity index (χ0v) is 15.3. The number of anilines is 1. The lowest BCUT2D eigenvalue weighted by Crippen LogP contribution is -2.29. The lowest BCUT2D eigenvalue weighted by atomic mass is 10.0. The average Bonchev–Trinajstić information content (AvgIpc) is 3.11. The highest BCUT2D eigenvalue weighted by atomic mass is 19.4. The van der Waals surface area contributed by atoms with Gasteiger partial charge in [0.1, 0.15) is 12.1 Å². The maximum atomic E-state index is 12.9. The molecule has 1 amide bonds. The van der Waals surface area contributed by atoms with Gasteiger partial charge in [-0.3, -0.25) is 4.79 Å². The molecule has 0 fully saturated rings. The summed E-state index contributed by atoms with van der Waals surface area (Å²) in [7, 11) is 0. The molecule has 0 atom stereocenters. The van der Waals surface area contributed by atoms with Crippen LogP contribution in [0.1, 0.15) is 27.2 Å². The standard InChI is InChI=1S/C17H14F6N6O/c1-9-4-13(29-15(28-9)26-8-27-29)24-2-3-25-14(30)10-5-11(16(18,19)20)7-12(6-10)17(21,22)23/h4-8,24H,2-3H2,1H3,(H,25,30). The number of benzene rings is 1. The highest BCUT2D eigenvalue weighted by Crippen LogP contribution is 2.36. The van der Waals surface area contributed by atoms with E-state index in [4.69, 9.17) is 0 Å². The number of rotatable bonds is 5. The highest BCUT2D eigenvalue weighted by Gasteiger charge is 2.37. The van der Waals surface area contributed by atoms with Gasteiger partial charge in [-0.15, -0.1) is 0 Å². The van der Waals surface area contributed by atoms with Crippen LogP contribution < -0.4 is 10.6 Å². The zero-order chi connectivity index (χ0) is 22.1. The topological polar surface area (TPSA) is 84.2 Å². The molecule has 0 unspecified atom stereocenters. The van der Waals surface area contributed by atoms with E-state index in [-0.39, 0.29) is 19.2 Å². The minimum absolute atomic E-state index is 0.0342. The van der Waals surface area contributed by atoms with Crippen molar-refractivity contribution in [2.24, 2.45) is 0 Å².